The number of piperazine rings is 1. The van der Waals surface area contributed by atoms with Crippen LogP contribution in [0.1, 0.15) is 48.7 Å². The summed E-state index contributed by atoms with van der Waals surface area (Å²) in [6, 6.07) is 3.88. The van der Waals surface area contributed by atoms with Gasteiger partial charge < -0.3 is 24.3 Å². The van der Waals surface area contributed by atoms with Crippen LogP contribution in [0.3, 0.4) is 0 Å². The van der Waals surface area contributed by atoms with Crippen molar-refractivity contribution in [2.24, 2.45) is 5.92 Å². The van der Waals surface area contributed by atoms with E-state index in [0.29, 0.717) is 32.7 Å². The summed E-state index contributed by atoms with van der Waals surface area (Å²) in [6.45, 7) is 5.95. The van der Waals surface area contributed by atoms with Crippen LogP contribution in [0, 0.1) is 5.92 Å². The molecule has 1 aliphatic carbocycles. The Morgan fingerprint density at radius 1 is 1.14 bits per heavy atom. The number of fused-ring (bicyclic) bond motifs is 1. The van der Waals surface area contributed by atoms with Crippen LogP contribution in [0.5, 0.6) is 0 Å². The molecule has 4 rings (SSSR count). The predicted octanol–water partition coefficient (Wildman–Crippen LogP) is 2.68. The molecule has 0 aromatic carbocycles. The van der Waals surface area contributed by atoms with Crippen LogP contribution in [-0.2, 0) is 14.3 Å². The van der Waals surface area contributed by atoms with Crippen molar-refractivity contribution in [3.8, 4) is 0 Å². The third-order valence-electron chi connectivity index (χ3n) is 7.34. The highest BCUT2D eigenvalue weighted by Crippen LogP contribution is 2.41. The lowest BCUT2D eigenvalue weighted by molar-refractivity contribution is -0.145. The average Bonchev–Trinajstić information content (AvgIpc) is 3.39. The van der Waals surface area contributed by atoms with Crippen LogP contribution >= 0.6 is 11.3 Å². The third kappa shape index (κ3) is 5.56. The molecule has 192 valence electrons. The van der Waals surface area contributed by atoms with Crippen molar-refractivity contribution < 1.29 is 19.1 Å². The fourth-order valence-electron chi connectivity index (χ4n) is 5.71. The van der Waals surface area contributed by atoms with E-state index in [2.05, 4.69) is 9.80 Å². The van der Waals surface area contributed by atoms with E-state index in [1.165, 1.54) is 11.3 Å². The Morgan fingerprint density at radius 3 is 2.54 bits per heavy atom. The van der Waals surface area contributed by atoms with Gasteiger partial charge in [0.25, 0.3) is 11.8 Å². The number of amides is 2. The molecule has 1 aromatic rings. The molecule has 0 bridgehead atoms. The summed E-state index contributed by atoms with van der Waals surface area (Å²) in [5, 5.41) is 1.92. The molecule has 2 fully saturated rings. The third-order valence-corrected chi connectivity index (χ3v) is 8.19. The molecule has 8 nitrogen and oxygen atoms in total. The first-order valence-corrected chi connectivity index (χ1v) is 13.7. The number of nitrogens with zero attached hydrogens (tertiary/aromatic N) is 4. The Labute approximate surface area is 212 Å². The maximum atomic E-state index is 13.8. The van der Waals surface area contributed by atoms with Gasteiger partial charge in [-0.2, -0.15) is 0 Å². The number of rotatable bonds is 8. The second-order valence-corrected chi connectivity index (χ2v) is 10.8. The minimum absolute atomic E-state index is 0.0570. The van der Waals surface area contributed by atoms with E-state index in [-0.39, 0.29) is 36.0 Å². The van der Waals surface area contributed by atoms with E-state index in [0.717, 1.165) is 49.2 Å². The molecule has 1 aromatic heterocycles. The maximum absolute atomic E-state index is 13.8. The fraction of sp³-hybridized carbons (Fsp3) is 0.654. The van der Waals surface area contributed by atoms with E-state index in [4.69, 9.17) is 4.74 Å². The lowest BCUT2D eigenvalue weighted by Gasteiger charge is -2.49. The summed E-state index contributed by atoms with van der Waals surface area (Å²) in [4.78, 5) is 48.7. The molecule has 35 heavy (non-hydrogen) atoms. The molecule has 3 heterocycles. The van der Waals surface area contributed by atoms with Gasteiger partial charge in [0.15, 0.2) is 0 Å². The first kappa shape index (κ1) is 25.7. The van der Waals surface area contributed by atoms with Gasteiger partial charge in [-0.25, -0.2) is 4.79 Å². The first-order chi connectivity index (χ1) is 16.9. The smallest absolute Gasteiger partial charge is 0.345 e. The Kier molecular flexibility index (Phi) is 8.49. The number of carbonyl (C=O) groups is 3. The number of hydrogen-bond donors (Lipinski definition) is 0. The van der Waals surface area contributed by atoms with Crippen LogP contribution in [0.25, 0.3) is 0 Å². The summed E-state index contributed by atoms with van der Waals surface area (Å²) in [6.07, 6.45) is 5.00. The Bertz CT molecular complexity index is 937. The molecule has 1 saturated carbocycles. The molecule has 2 amide bonds. The minimum atomic E-state index is -0.508. The number of thiophene rings is 1. The molecule has 2 aliphatic heterocycles. The van der Waals surface area contributed by atoms with Crippen molar-refractivity contribution in [1.82, 2.24) is 19.6 Å². The Hall–Kier alpha value is -2.39. The molecule has 0 spiro atoms. The van der Waals surface area contributed by atoms with Gasteiger partial charge in [-0.1, -0.05) is 18.9 Å². The highest BCUT2D eigenvalue weighted by Gasteiger charge is 2.47. The topological polar surface area (TPSA) is 73.4 Å². The zero-order valence-electron chi connectivity index (χ0n) is 21.2. The van der Waals surface area contributed by atoms with Crippen LogP contribution in [0.15, 0.2) is 28.8 Å². The zero-order chi connectivity index (χ0) is 24.9. The van der Waals surface area contributed by atoms with E-state index in [1.807, 2.05) is 41.4 Å². The molecule has 3 aliphatic rings. The van der Waals surface area contributed by atoms with Crippen molar-refractivity contribution in [3.63, 3.8) is 0 Å². The van der Waals surface area contributed by atoms with Crippen molar-refractivity contribution in [2.75, 3.05) is 60.0 Å². The molecule has 0 radical (unpaired) electrons. The van der Waals surface area contributed by atoms with Crippen LogP contribution in [0.4, 0.5) is 0 Å². The average molecular weight is 503 g/mol. The summed E-state index contributed by atoms with van der Waals surface area (Å²) < 4.78 is 5.41. The molecule has 2 unspecified atom stereocenters. The standard InChI is InChI=1S/C26H38N4O4S/c1-4-34-26(33)22-23(28-14-16-29(17-15-28)24(31)21-11-7-18-35-21)19-9-5-6-10-20(19)30(25(22)32)13-8-12-27(2)3/h7,11,18-20H,4-6,8-10,12-17H2,1-3H3. The lowest BCUT2D eigenvalue weighted by Crippen LogP contribution is -2.57. The second-order valence-electron chi connectivity index (χ2n) is 9.85. The van der Waals surface area contributed by atoms with Gasteiger partial charge in [0.05, 0.1) is 11.5 Å². The van der Waals surface area contributed by atoms with Crippen molar-refractivity contribution in [2.45, 2.75) is 45.1 Å². The van der Waals surface area contributed by atoms with Gasteiger partial charge in [0.1, 0.15) is 5.57 Å². The molecule has 0 N–H and O–H groups in total. The van der Waals surface area contributed by atoms with Gasteiger partial charge in [0, 0.05) is 50.4 Å². The van der Waals surface area contributed by atoms with E-state index in [9.17, 15) is 14.4 Å². The predicted molar refractivity (Wildman–Crippen MR) is 136 cm³/mol. The van der Waals surface area contributed by atoms with Crippen LogP contribution in [-0.4, -0.2) is 103 Å². The largest absolute Gasteiger partial charge is 0.462 e. The summed E-state index contributed by atoms with van der Waals surface area (Å²) in [5.41, 5.74) is 1.09. The Morgan fingerprint density at radius 2 is 1.89 bits per heavy atom. The van der Waals surface area contributed by atoms with Crippen LogP contribution < -0.4 is 0 Å². The number of esters is 1. The van der Waals surface area contributed by atoms with Gasteiger partial charge in [0.2, 0.25) is 0 Å². The fourth-order valence-corrected chi connectivity index (χ4v) is 6.40. The summed E-state index contributed by atoms with van der Waals surface area (Å²) in [7, 11) is 4.07. The molecular weight excluding hydrogens is 464 g/mol. The van der Waals surface area contributed by atoms with Crippen molar-refractivity contribution in [1.29, 1.82) is 0 Å². The maximum Gasteiger partial charge on any atom is 0.345 e. The summed E-state index contributed by atoms with van der Waals surface area (Å²) in [5.74, 6) is -0.495. The quantitative estimate of drug-likeness (QED) is 0.402. The SMILES string of the molecule is CCOC(=O)C1=C(N2CCN(C(=O)c3cccs3)CC2)C2CCCCC2N(CCCN(C)C)C1=O. The van der Waals surface area contributed by atoms with Crippen molar-refractivity contribution in [3.05, 3.63) is 33.7 Å². The van der Waals surface area contributed by atoms with Crippen LogP contribution in [0.2, 0.25) is 0 Å². The van der Waals surface area contributed by atoms with Gasteiger partial charge in [-0.05, 0) is 58.3 Å². The number of carbonyl (C=O) groups excluding carboxylic acids is 3. The molecule has 2 atom stereocenters. The van der Waals surface area contributed by atoms with Gasteiger partial charge in [-0.3, -0.25) is 9.59 Å². The number of hydrogen-bond acceptors (Lipinski definition) is 7. The highest BCUT2D eigenvalue weighted by atomic mass is 32.1. The number of ether oxygens (including phenoxy) is 1. The van der Waals surface area contributed by atoms with Gasteiger partial charge in [-0.15, -0.1) is 11.3 Å². The van der Waals surface area contributed by atoms with E-state index in [1.54, 1.807) is 6.92 Å². The second kappa shape index (κ2) is 11.6. The minimum Gasteiger partial charge on any atom is -0.462 e. The Balaban J connectivity index is 1.60. The molecule has 1 saturated heterocycles. The van der Waals surface area contributed by atoms with Gasteiger partial charge >= 0.3 is 5.97 Å². The normalized spacial score (nSPS) is 23.1. The molecule has 9 heteroatoms. The van der Waals surface area contributed by atoms with Crippen molar-refractivity contribution >= 4 is 29.1 Å². The first-order valence-electron chi connectivity index (χ1n) is 12.9. The van der Waals surface area contributed by atoms with E-state index >= 15 is 0 Å². The highest BCUT2D eigenvalue weighted by molar-refractivity contribution is 7.12. The summed E-state index contributed by atoms with van der Waals surface area (Å²) >= 11 is 1.46. The monoisotopic (exact) mass is 502 g/mol. The lowest BCUT2D eigenvalue weighted by atomic mass is 9.76. The zero-order valence-corrected chi connectivity index (χ0v) is 22.0. The van der Waals surface area contributed by atoms with E-state index < -0.39 is 5.97 Å². The molecular formula is C26H38N4O4S.